The molecule has 0 spiro atoms. The number of thiophene rings is 1. The van der Waals surface area contributed by atoms with Gasteiger partial charge in [0.1, 0.15) is 5.00 Å². The first-order chi connectivity index (χ1) is 10.8. The number of ether oxygens (including phenoxy) is 1. The summed E-state index contributed by atoms with van der Waals surface area (Å²) in [5, 5.41) is 5.90. The summed E-state index contributed by atoms with van der Waals surface area (Å²) in [7, 11) is 0. The maximum Gasteiger partial charge on any atom is 0.341 e. The molecule has 128 valence electrons. The Morgan fingerprint density at radius 2 is 1.78 bits per heavy atom. The molecule has 0 aliphatic rings. The van der Waals surface area contributed by atoms with Crippen molar-refractivity contribution in [2.24, 2.45) is 0 Å². The zero-order valence-electron chi connectivity index (χ0n) is 14.2. The average molecular weight is 340 g/mol. The first kappa shape index (κ1) is 19.2. The second-order valence-electron chi connectivity index (χ2n) is 5.33. The molecule has 1 heterocycles. The summed E-state index contributed by atoms with van der Waals surface area (Å²) >= 11 is 1.32. The SMILES string of the molecule is CCC(CC)NC(=O)COC(=O)c1c(NC(C)=O)sc(C)c1C. The number of anilines is 1. The minimum atomic E-state index is -0.602. The lowest BCUT2D eigenvalue weighted by atomic mass is 10.1. The van der Waals surface area contributed by atoms with Gasteiger partial charge in [0.2, 0.25) is 5.91 Å². The van der Waals surface area contributed by atoms with Crippen molar-refractivity contribution in [1.29, 1.82) is 0 Å². The lowest BCUT2D eigenvalue weighted by Gasteiger charge is -2.14. The monoisotopic (exact) mass is 340 g/mol. The molecule has 0 radical (unpaired) electrons. The highest BCUT2D eigenvalue weighted by Gasteiger charge is 2.22. The van der Waals surface area contributed by atoms with Gasteiger partial charge in [-0.3, -0.25) is 9.59 Å². The molecule has 1 aromatic heterocycles. The molecule has 7 heteroatoms. The Morgan fingerprint density at radius 1 is 1.17 bits per heavy atom. The minimum Gasteiger partial charge on any atom is -0.452 e. The summed E-state index contributed by atoms with van der Waals surface area (Å²) in [6.07, 6.45) is 1.65. The number of carbonyl (C=O) groups is 3. The minimum absolute atomic E-state index is 0.0845. The number of amides is 2. The molecule has 0 saturated heterocycles. The molecule has 0 atom stereocenters. The second-order valence-corrected chi connectivity index (χ2v) is 6.55. The summed E-state index contributed by atoms with van der Waals surface area (Å²) in [6, 6.07) is 0.0845. The second kappa shape index (κ2) is 8.67. The zero-order chi connectivity index (χ0) is 17.6. The number of rotatable bonds is 7. The number of esters is 1. The maximum absolute atomic E-state index is 12.3. The first-order valence-electron chi connectivity index (χ1n) is 7.64. The van der Waals surface area contributed by atoms with Gasteiger partial charge in [-0.15, -0.1) is 11.3 Å². The van der Waals surface area contributed by atoms with Gasteiger partial charge in [0.15, 0.2) is 6.61 Å². The van der Waals surface area contributed by atoms with Crippen LogP contribution in [-0.2, 0) is 14.3 Å². The van der Waals surface area contributed by atoms with E-state index in [1.54, 1.807) is 6.92 Å². The third-order valence-electron chi connectivity index (χ3n) is 3.56. The fourth-order valence-electron chi connectivity index (χ4n) is 2.09. The van der Waals surface area contributed by atoms with E-state index in [0.29, 0.717) is 10.6 Å². The number of hydrogen-bond acceptors (Lipinski definition) is 5. The lowest BCUT2D eigenvalue weighted by molar-refractivity contribution is -0.125. The van der Waals surface area contributed by atoms with Crippen LogP contribution in [0, 0.1) is 13.8 Å². The maximum atomic E-state index is 12.3. The van der Waals surface area contributed by atoms with Crippen LogP contribution in [0.15, 0.2) is 0 Å². The van der Waals surface area contributed by atoms with Crippen molar-refractivity contribution in [3.63, 3.8) is 0 Å². The van der Waals surface area contributed by atoms with Gasteiger partial charge in [0.05, 0.1) is 5.56 Å². The van der Waals surface area contributed by atoms with Crippen LogP contribution in [0.25, 0.3) is 0 Å². The summed E-state index contributed by atoms with van der Waals surface area (Å²) < 4.78 is 5.10. The molecule has 0 aliphatic carbocycles. The van der Waals surface area contributed by atoms with E-state index in [4.69, 9.17) is 4.74 Å². The van der Waals surface area contributed by atoms with Crippen LogP contribution in [0.2, 0.25) is 0 Å². The van der Waals surface area contributed by atoms with E-state index in [1.165, 1.54) is 18.3 Å². The molecule has 0 fully saturated rings. The van der Waals surface area contributed by atoms with E-state index in [9.17, 15) is 14.4 Å². The van der Waals surface area contributed by atoms with Crippen molar-refractivity contribution in [3.8, 4) is 0 Å². The van der Waals surface area contributed by atoms with Gasteiger partial charge in [-0.25, -0.2) is 4.79 Å². The van der Waals surface area contributed by atoms with Crippen LogP contribution in [0.1, 0.15) is 54.4 Å². The Kier molecular flexibility index (Phi) is 7.22. The third kappa shape index (κ3) is 5.35. The summed E-state index contributed by atoms with van der Waals surface area (Å²) in [4.78, 5) is 36.2. The van der Waals surface area contributed by atoms with E-state index >= 15 is 0 Å². The van der Waals surface area contributed by atoms with E-state index in [-0.39, 0.29) is 24.5 Å². The molecule has 23 heavy (non-hydrogen) atoms. The van der Waals surface area contributed by atoms with E-state index in [1.807, 2.05) is 20.8 Å². The van der Waals surface area contributed by atoms with Crippen molar-refractivity contribution >= 4 is 34.1 Å². The Hall–Kier alpha value is -1.89. The Balaban J connectivity index is 2.75. The van der Waals surface area contributed by atoms with E-state index in [0.717, 1.165) is 23.3 Å². The standard InChI is InChI=1S/C16H24N2O4S/c1-6-12(7-2)18-13(20)8-22-16(21)14-9(3)10(4)23-15(14)17-11(5)19/h12H,6-8H2,1-5H3,(H,17,19)(H,18,20). The van der Waals surface area contributed by atoms with Gasteiger partial charge in [0, 0.05) is 17.8 Å². The fraction of sp³-hybridized carbons (Fsp3) is 0.562. The van der Waals surface area contributed by atoms with E-state index in [2.05, 4.69) is 10.6 Å². The quantitative estimate of drug-likeness (QED) is 0.748. The highest BCUT2D eigenvalue weighted by Crippen LogP contribution is 2.32. The molecular weight excluding hydrogens is 316 g/mol. The van der Waals surface area contributed by atoms with Crippen LogP contribution >= 0.6 is 11.3 Å². The third-order valence-corrected chi connectivity index (χ3v) is 4.69. The summed E-state index contributed by atoms with van der Waals surface area (Å²) in [5.41, 5.74) is 1.07. The molecule has 2 N–H and O–H groups in total. The van der Waals surface area contributed by atoms with Crippen molar-refractivity contribution in [2.75, 3.05) is 11.9 Å². The summed E-state index contributed by atoms with van der Waals surface area (Å²) in [6.45, 7) is 8.67. The summed E-state index contributed by atoms with van der Waals surface area (Å²) in [5.74, 6) is -1.18. The number of carbonyl (C=O) groups excluding carboxylic acids is 3. The molecule has 0 bridgehead atoms. The largest absolute Gasteiger partial charge is 0.452 e. The van der Waals surface area contributed by atoms with Crippen LogP contribution in [0.4, 0.5) is 5.00 Å². The smallest absolute Gasteiger partial charge is 0.341 e. The molecule has 1 aromatic rings. The van der Waals surface area contributed by atoms with Gasteiger partial charge in [-0.2, -0.15) is 0 Å². The Morgan fingerprint density at radius 3 is 2.30 bits per heavy atom. The fourth-order valence-corrected chi connectivity index (χ4v) is 3.18. The van der Waals surface area contributed by atoms with Gasteiger partial charge < -0.3 is 15.4 Å². The molecule has 0 aromatic carbocycles. The highest BCUT2D eigenvalue weighted by atomic mass is 32.1. The topological polar surface area (TPSA) is 84.5 Å². The van der Waals surface area contributed by atoms with Crippen LogP contribution in [0.3, 0.4) is 0 Å². The molecular formula is C16H24N2O4S. The van der Waals surface area contributed by atoms with Crippen molar-refractivity contribution < 1.29 is 19.1 Å². The van der Waals surface area contributed by atoms with Crippen LogP contribution in [-0.4, -0.2) is 30.4 Å². The predicted molar refractivity (Wildman–Crippen MR) is 90.9 cm³/mol. The highest BCUT2D eigenvalue weighted by molar-refractivity contribution is 7.16. The van der Waals surface area contributed by atoms with Gasteiger partial charge in [0.25, 0.3) is 5.91 Å². The normalized spacial score (nSPS) is 10.5. The number of aryl methyl sites for hydroxylation is 1. The van der Waals surface area contributed by atoms with E-state index < -0.39 is 5.97 Å². The molecule has 1 rings (SSSR count). The van der Waals surface area contributed by atoms with Crippen LogP contribution in [0.5, 0.6) is 0 Å². The molecule has 0 saturated carbocycles. The van der Waals surface area contributed by atoms with Crippen molar-refractivity contribution in [3.05, 3.63) is 16.0 Å². The first-order valence-corrected chi connectivity index (χ1v) is 8.45. The molecule has 2 amide bonds. The average Bonchev–Trinajstić information content (AvgIpc) is 2.76. The van der Waals surface area contributed by atoms with Crippen molar-refractivity contribution in [2.45, 2.75) is 53.5 Å². The molecule has 0 aliphatic heterocycles. The number of hydrogen-bond donors (Lipinski definition) is 2. The molecule has 6 nitrogen and oxygen atoms in total. The van der Waals surface area contributed by atoms with Gasteiger partial charge in [-0.05, 0) is 32.3 Å². The van der Waals surface area contributed by atoms with Gasteiger partial charge in [-0.1, -0.05) is 13.8 Å². The van der Waals surface area contributed by atoms with Gasteiger partial charge >= 0.3 is 5.97 Å². The lowest BCUT2D eigenvalue weighted by Crippen LogP contribution is -2.36. The Labute approximate surface area is 140 Å². The predicted octanol–water partition coefficient (Wildman–Crippen LogP) is 2.78. The number of nitrogens with one attached hydrogen (secondary N) is 2. The van der Waals surface area contributed by atoms with Crippen molar-refractivity contribution in [1.82, 2.24) is 5.32 Å². The molecule has 0 unspecified atom stereocenters. The van der Waals surface area contributed by atoms with Crippen LogP contribution < -0.4 is 10.6 Å². The Bertz CT molecular complexity index is 591. The zero-order valence-corrected chi connectivity index (χ0v) is 15.1.